The quantitative estimate of drug-likeness (QED) is 0.434. The lowest BCUT2D eigenvalue weighted by Crippen LogP contribution is -2.32. The molecule has 0 aliphatic carbocycles. The highest BCUT2D eigenvalue weighted by Gasteiger charge is 2.28. The van der Waals surface area contributed by atoms with Crippen molar-refractivity contribution in [2.24, 2.45) is 0 Å². The zero-order valence-electron chi connectivity index (χ0n) is 16.6. The molecular formula is C21H21N3O6. The number of rotatable bonds is 7. The summed E-state index contributed by atoms with van der Waals surface area (Å²) in [5.41, 5.74) is 2.87. The average molecular weight is 411 g/mol. The van der Waals surface area contributed by atoms with Crippen LogP contribution in [0.1, 0.15) is 5.56 Å². The maximum absolute atomic E-state index is 10.8. The van der Waals surface area contributed by atoms with Crippen LogP contribution in [0.25, 0.3) is 11.1 Å². The third-order valence-electron chi connectivity index (χ3n) is 4.87. The molecule has 9 nitrogen and oxygen atoms in total. The van der Waals surface area contributed by atoms with Gasteiger partial charge in [0.05, 0.1) is 32.9 Å². The number of methoxy groups -OCH3 is 2. The fraction of sp³-hybridized carbons (Fsp3) is 0.286. The molecule has 1 aliphatic heterocycles. The van der Waals surface area contributed by atoms with Crippen molar-refractivity contribution >= 4 is 5.82 Å². The highest BCUT2D eigenvalue weighted by molar-refractivity contribution is 5.77. The number of imidazole rings is 1. The number of nitrogens with zero attached hydrogens (tertiary/aromatic N) is 3. The predicted molar refractivity (Wildman–Crippen MR) is 108 cm³/mol. The number of aromatic nitrogens is 2. The predicted octanol–water partition coefficient (Wildman–Crippen LogP) is 3.45. The van der Waals surface area contributed by atoms with E-state index < -0.39 is 4.92 Å². The number of benzene rings is 2. The van der Waals surface area contributed by atoms with Crippen LogP contribution < -0.4 is 14.2 Å². The van der Waals surface area contributed by atoms with Crippen LogP contribution in [-0.4, -0.2) is 41.4 Å². The van der Waals surface area contributed by atoms with Crippen molar-refractivity contribution in [1.29, 1.82) is 0 Å². The summed E-state index contributed by atoms with van der Waals surface area (Å²) in [7, 11) is 3.26. The summed E-state index contributed by atoms with van der Waals surface area (Å²) < 4.78 is 24.0. The molecule has 0 saturated carbocycles. The van der Waals surface area contributed by atoms with Crippen molar-refractivity contribution in [1.82, 2.24) is 9.55 Å². The van der Waals surface area contributed by atoms with Crippen molar-refractivity contribution in [2.75, 3.05) is 20.8 Å². The minimum atomic E-state index is -0.539. The van der Waals surface area contributed by atoms with Crippen molar-refractivity contribution in [3.63, 3.8) is 0 Å². The molecule has 0 saturated heterocycles. The van der Waals surface area contributed by atoms with Crippen LogP contribution in [0.5, 0.6) is 17.5 Å². The Hall–Kier alpha value is -3.59. The first-order valence-corrected chi connectivity index (χ1v) is 9.35. The molecule has 1 aromatic heterocycles. The lowest BCUT2D eigenvalue weighted by atomic mass is 10.0. The summed E-state index contributed by atoms with van der Waals surface area (Å²) >= 11 is 0. The molecule has 156 valence electrons. The highest BCUT2D eigenvalue weighted by atomic mass is 16.6. The zero-order chi connectivity index (χ0) is 21.1. The Balaban J connectivity index is 1.42. The van der Waals surface area contributed by atoms with E-state index >= 15 is 0 Å². The Morgan fingerprint density at radius 3 is 2.50 bits per heavy atom. The first-order valence-electron chi connectivity index (χ1n) is 9.35. The smallest absolute Gasteiger partial charge is 0.414 e. The van der Waals surface area contributed by atoms with E-state index in [1.807, 2.05) is 42.5 Å². The van der Waals surface area contributed by atoms with Gasteiger partial charge < -0.3 is 29.1 Å². The summed E-state index contributed by atoms with van der Waals surface area (Å²) in [6.07, 6.45) is 1.14. The second kappa shape index (κ2) is 8.42. The lowest BCUT2D eigenvalue weighted by molar-refractivity contribution is -0.389. The van der Waals surface area contributed by atoms with Crippen molar-refractivity contribution in [3.8, 4) is 28.6 Å². The third-order valence-corrected chi connectivity index (χ3v) is 4.87. The maximum Gasteiger partial charge on any atom is 0.414 e. The first-order chi connectivity index (χ1) is 14.6. The Kier molecular flexibility index (Phi) is 5.53. The molecular weight excluding hydrogens is 390 g/mol. The average Bonchev–Trinajstić information content (AvgIpc) is 3.21. The number of fused-ring (bicyclic) bond motifs is 1. The molecule has 0 unspecified atom stereocenters. The molecule has 0 amide bonds. The molecule has 0 spiro atoms. The summed E-state index contributed by atoms with van der Waals surface area (Å²) in [5.74, 6) is 1.25. The van der Waals surface area contributed by atoms with Gasteiger partial charge in [0, 0.05) is 4.98 Å². The Bertz CT molecular complexity index is 1030. The fourth-order valence-electron chi connectivity index (χ4n) is 3.38. The standard InChI is InChI=1S/C21H21N3O6/c1-27-17-4-3-5-18(28-2)20(17)15-8-6-14(7-9-15)12-29-16-10-23-11-19(24(25)26)22-21(23)30-13-16/h3-9,11,16H,10,12-13H2,1-2H3/t16-/m0/s1. The molecule has 0 fully saturated rings. The number of hydrogen-bond donors (Lipinski definition) is 0. The van der Waals surface area contributed by atoms with Crippen LogP contribution in [-0.2, 0) is 17.9 Å². The fourth-order valence-corrected chi connectivity index (χ4v) is 3.38. The van der Waals surface area contributed by atoms with Gasteiger partial charge in [-0.15, -0.1) is 0 Å². The van der Waals surface area contributed by atoms with Crippen LogP contribution in [0.2, 0.25) is 0 Å². The second-order valence-corrected chi connectivity index (χ2v) is 6.77. The molecule has 1 atom stereocenters. The van der Waals surface area contributed by atoms with Crippen molar-refractivity contribution in [2.45, 2.75) is 19.3 Å². The topological polar surface area (TPSA) is 97.9 Å². The molecule has 2 aromatic carbocycles. The summed E-state index contributed by atoms with van der Waals surface area (Å²) in [6, 6.07) is 13.9. The molecule has 0 bridgehead atoms. The third kappa shape index (κ3) is 3.92. The largest absolute Gasteiger partial charge is 0.496 e. The van der Waals surface area contributed by atoms with Gasteiger partial charge in [-0.2, -0.15) is 0 Å². The molecule has 30 heavy (non-hydrogen) atoms. The zero-order valence-corrected chi connectivity index (χ0v) is 16.6. The van der Waals surface area contributed by atoms with E-state index in [1.165, 1.54) is 6.20 Å². The second-order valence-electron chi connectivity index (χ2n) is 6.77. The first kappa shape index (κ1) is 19.7. The van der Waals surface area contributed by atoms with Gasteiger partial charge in [-0.05, 0) is 28.2 Å². The van der Waals surface area contributed by atoms with Crippen molar-refractivity contribution < 1.29 is 23.9 Å². The monoisotopic (exact) mass is 411 g/mol. The Labute approximate surface area is 172 Å². The maximum atomic E-state index is 10.8. The van der Waals surface area contributed by atoms with Crippen LogP contribution in [0, 0.1) is 10.1 Å². The van der Waals surface area contributed by atoms with Gasteiger partial charge in [0.2, 0.25) is 0 Å². The highest BCUT2D eigenvalue weighted by Crippen LogP contribution is 2.38. The van der Waals surface area contributed by atoms with E-state index in [0.29, 0.717) is 19.8 Å². The van der Waals surface area contributed by atoms with Gasteiger partial charge in [0.25, 0.3) is 0 Å². The van der Waals surface area contributed by atoms with Crippen LogP contribution >= 0.6 is 0 Å². The molecule has 1 aliphatic rings. The van der Waals surface area contributed by atoms with E-state index in [4.69, 9.17) is 18.9 Å². The molecule has 0 N–H and O–H groups in total. The molecule has 0 radical (unpaired) electrons. The van der Waals surface area contributed by atoms with E-state index in [9.17, 15) is 10.1 Å². The Morgan fingerprint density at radius 1 is 1.17 bits per heavy atom. The number of ether oxygens (including phenoxy) is 4. The van der Waals surface area contributed by atoms with E-state index in [-0.39, 0.29) is 17.9 Å². The normalized spacial score (nSPS) is 15.2. The molecule has 3 aromatic rings. The van der Waals surface area contributed by atoms with Gasteiger partial charge in [-0.3, -0.25) is 4.57 Å². The number of nitro groups is 1. The van der Waals surface area contributed by atoms with Gasteiger partial charge in [-0.25, -0.2) is 0 Å². The van der Waals surface area contributed by atoms with Gasteiger partial charge >= 0.3 is 11.8 Å². The van der Waals surface area contributed by atoms with E-state index in [1.54, 1.807) is 18.8 Å². The summed E-state index contributed by atoms with van der Waals surface area (Å²) in [6.45, 7) is 1.14. The van der Waals surface area contributed by atoms with Gasteiger partial charge in [0.1, 0.15) is 30.4 Å². The van der Waals surface area contributed by atoms with Crippen LogP contribution in [0.4, 0.5) is 5.82 Å². The Morgan fingerprint density at radius 2 is 1.87 bits per heavy atom. The van der Waals surface area contributed by atoms with Gasteiger partial charge in [-0.1, -0.05) is 30.3 Å². The SMILES string of the molecule is COc1cccc(OC)c1-c1ccc(CO[C@@H]2COc3nc([N+](=O)[O-])cn3C2)cc1. The molecule has 2 heterocycles. The van der Waals surface area contributed by atoms with E-state index in [0.717, 1.165) is 28.2 Å². The summed E-state index contributed by atoms with van der Waals surface area (Å²) in [5, 5.41) is 10.8. The lowest BCUT2D eigenvalue weighted by Gasteiger charge is -2.22. The summed E-state index contributed by atoms with van der Waals surface area (Å²) in [4.78, 5) is 14.1. The molecule has 9 heteroatoms. The molecule has 4 rings (SSSR count). The number of hydrogen-bond acceptors (Lipinski definition) is 7. The minimum Gasteiger partial charge on any atom is -0.496 e. The minimum absolute atomic E-state index is 0.222. The van der Waals surface area contributed by atoms with Gasteiger partial charge in [0.15, 0.2) is 0 Å². The van der Waals surface area contributed by atoms with Crippen LogP contribution in [0.15, 0.2) is 48.7 Å². The van der Waals surface area contributed by atoms with E-state index in [2.05, 4.69) is 4.98 Å². The van der Waals surface area contributed by atoms with Crippen molar-refractivity contribution in [3.05, 3.63) is 64.3 Å². The van der Waals surface area contributed by atoms with Crippen LogP contribution in [0.3, 0.4) is 0 Å².